The third kappa shape index (κ3) is 2.53. The van der Waals surface area contributed by atoms with Crippen LogP contribution in [0.25, 0.3) is 0 Å². The van der Waals surface area contributed by atoms with E-state index in [4.69, 9.17) is 0 Å². The molecule has 0 aliphatic heterocycles. The lowest BCUT2D eigenvalue weighted by molar-refractivity contribution is 0.103. The molecule has 0 bridgehead atoms. The van der Waals surface area contributed by atoms with Gasteiger partial charge in [-0.25, -0.2) is 0 Å². The van der Waals surface area contributed by atoms with Gasteiger partial charge in [0.05, 0.1) is 19.3 Å². The summed E-state index contributed by atoms with van der Waals surface area (Å²) in [7, 11) is 0. The topological polar surface area (TPSA) is 34.9 Å². The molecule has 6 heteroatoms. The van der Waals surface area contributed by atoms with Crippen molar-refractivity contribution in [1.82, 2.24) is 9.78 Å². The fourth-order valence-electron chi connectivity index (χ4n) is 1.50. The minimum Gasteiger partial charge on any atom is -0.286 e. The Balaban J connectivity index is 2.47. The maximum Gasteiger partial charge on any atom is 0.222 e. The Kier molecular flexibility index (Phi) is 3.85. The zero-order valence-corrected chi connectivity index (χ0v) is 13.3. The fraction of sp³-hybridized carbons (Fsp3) is 0.273. The Bertz CT molecular complexity index is 560. The largest absolute Gasteiger partial charge is 0.286 e. The van der Waals surface area contributed by atoms with Gasteiger partial charge in [0.2, 0.25) is 5.78 Å². The van der Waals surface area contributed by atoms with Crippen LogP contribution in [0.15, 0.2) is 26.6 Å². The van der Waals surface area contributed by atoms with Crippen LogP contribution < -0.4 is 0 Å². The molecule has 0 aliphatic rings. The number of nitrogens with zero attached hydrogens (tertiary/aromatic N) is 2. The number of ketones is 1. The first-order valence-corrected chi connectivity index (χ1v) is 7.44. The summed E-state index contributed by atoms with van der Waals surface area (Å²) in [5.74, 6) is -0.00113. The Hall–Kier alpha value is -0.460. The van der Waals surface area contributed by atoms with Gasteiger partial charge >= 0.3 is 0 Å². The lowest BCUT2D eigenvalue weighted by Gasteiger charge is -2.09. The number of halogens is 2. The standard InChI is InChI=1S/C11H10Br2N2OS/c1-6(2)15-10(7(12)5-14-15)11(16)8-3-4-9(13)17-8/h3-6H,1-2H3. The summed E-state index contributed by atoms with van der Waals surface area (Å²) in [5.41, 5.74) is 0.606. The second-order valence-electron chi connectivity index (χ2n) is 3.81. The molecule has 0 N–H and O–H groups in total. The van der Waals surface area contributed by atoms with Crippen LogP contribution in [0.2, 0.25) is 0 Å². The molecule has 0 radical (unpaired) electrons. The van der Waals surface area contributed by atoms with E-state index in [2.05, 4.69) is 37.0 Å². The number of hydrogen-bond acceptors (Lipinski definition) is 3. The van der Waals surface area contributed by atoms with Gasteiger partial charge in [0.15, 0.2) is 0 Å². The average molecular weight is 378 g/mol. The van der Waals surface area contributed by atoms with Crippen LogP contribution >= 0.6 is 43.2 Å². The summed E-state index contributed by atoms with van der Waals surface area (Å²) >= 11 is 8.17. The zero-order chi connectivity index (χ0) is 12.6. The van der Waals surface area contributed by atoms with Gasteiger partial charge in [-0.1, -0.05) is 0 Å². The number of thiophene rings is 1. The van der Waals surface area contributed by atoms with Crippen molar-refractivity contribution in [1.29, 1.82) is 0 Å². The molecule has 2 aromatic heterocycles. The molecular formula is C11H10Br2N2OS. The van der Waals surface area contributed by atoms with Gasteiger partial charge in [-0.15, -0.1) is 11.3 Å². The highest BCUT2D eigenvalue weighted by Crippen LogP contribution is 2.28. The van der Waals surface area contributed by atoms with Crippen molar-refractivity contribution in [2.75, 3.05) is 0 Å². The molecule has 2 heterocycles. The number of rotatable bonds is 3. The third-order valence-electron chi connectivity index (χ3n) is 2.25. The van der Waals surface area contributed by atoms with Gasteiger partial charge in [-0.05, 0) is 57.8 Å². The van der Waals surface area contributed by atoms with Crippen LogP contribution in [0.3, 0.4) is 0 Å². The maximum absolute atomic E-state index is 12.4. The van der Waals surface area contributed by atoms with Gasteiger partial charge in [-0.2, -0.15) is 5.10 Å². The molecule has 0 saturated heterocycles. The molecule has 2 aromatic rings. The molecule has 0 amide bonds. The van der Waals surface area contributed by atoms with E-state index in [1.54, 1.807) is 10.9 Å². The molecular weight excluding hydrogens is 368 g/mol. The summed E-state index contributed by atoms with van der Waals surface area (Å²) in [6.07, 6.45) is 1.66. The molecule has 0 saturated carbocycles. The van der Waals surface area contributed by atoms with Crippen LogP contribution in [-0.4, -0.2) is 15.6 Å². The van der Waals surface area contributed by atoms with Crippen LogP contribution in [0.4, 0.5) is 0 Å². The Morgan fingerprint density at radius 3 is 2.65 bits per heavy atom. The summed E-state index contributed by atoms with van der Waals surface area (Å²) < 4.78 is 3.42. The molecule has 0 fully saturated rings. The van der Waals surface area contributed by atoms with E-state index < -0.39 is 0 Å². The van der Waals surface area contributed by atoms with Gasteiger partial charge in [-0.3, -0.25) is 9.48 Å². The minimum atomic E-state index is -0.00113. The molecule has 3 nitrogen and oxygen atoms in total. The third-order valence-corrected chi connectivity index (χ3v) is 4.45. The second-order valence-corrected chi connectivity index (χ2v) is 7.13. The summed E-state index contributed by atoms with van der Waals surface area (Å²) in [6.45, 7) is 4.00. The number of carbonyl (C=O) groups excluding carboxylic acids is 1. The lowest BCUT2D eigenvalue weighted by Crippen LogP contribution is -2.13. The van der Waals surface area contributed by atoms with Gasteiger partial charge in [0.1, 0.15) is 5.69 Å². The van der Waals surface area contributed by atoms with Crippen molar-refractivity contribution in [3.63, 3.8) is 0 Å². The van der Waals surface area contributed by atoms with Crippen molar-refractivity contribution < 1.29 is 4.79 Å². The summed E-state index contributed by atoms with van der Waals surface area (Å²) in [5, 5.41) is 4.21. The Morgan fingerprint density at radius 2 is 2.12 bits per heavy atom. The van der Waals surface area contributed by atoms with Crippen molar-refractivity contribution in [3.05, 3.63) is 37.2 Å². The summed E-state index contributed by atoms with van der Waals surface area (Å²) in [4.78, 5) is 13.1. The Labute approximate surface area is 120 Å². The molecule has 17 heavy (non-hydrogen) atoms. The predicted molar refractivity (Wildman–Crippen MR) is 75.8 cm³/mol. The quantitative estimate of drug-likeness (QED) is 0.748. The minimum absolute atomic E-state index is 0.00113. The number of aromatic nitrogens is 2. The molecule has 0 atom stereocenters. The monoisotopic (exact) mass is 376 g/mol. The molecule has 0 unspecified atom stereocenters. The highest BCUT2D eigenvalue weighted by molar-refractivity contribution is 9.11. The first-order chi connectivity index (χ1) is 8.00. The van der Waals surface area contributed by atoms with Crippen molar-refractivity contribution in [2.24, 2.45) is 0 Å². The van der Waals surface area contributed by atoms with E-state index in [9.17, 15) is 4.79 Å². The molecule has 0 aliphatic carbocycles. The number of hydrogen-bond donors (Lipinski definition) is 0. The highest BCUT2D eigenvalue weighted by Gasteiger charge is 2.21. The first-order valence-electron chi connectivity index (χ1n) is 5.03. The molecule has 2 rings (SSSR count). The first kappa shape index (κ1) is 13.0. The van der Waals surface area contributed by atoms with Crippen molar-refractivity contribution in [3.8, 4) is 0 Å². The van der Waals surface area contributed by atoms with Crippen molar-refractivity contribution in [2.45, 2.75) is 19.9 Å². The molecule has 0 spiro atoms. The highest BCUT2D eigenvalue weighted by atomic mass is 79.9. The zero-order valence-electron chi connectivity index (χ0n) is 9.28. The van der Waals surface area contributed by atoms with E-state index in [0.717, 1.165) is 8.26 Å². The maximum atomic E-state index is 12.4. The van der Waals surface area contributed by atoms with Crippen LogP contribution in [0, 0.1) is 0 Å². The summed E-state index contributed by atoms with van der Waals surface area (Å²) in [6, 6.07) is 3.85. The average Bonchev–Trinajstić information content (AvgIpc) is 2.83. The normalized spacial score (nSPS) is 11.1. The van der Waals surface area contributed by atoms with Crippen LogP contribution in [-0.2, 0) is 0 Å². The van der Waals surface area contributed by atoms with E-state index in [1.165, 1.54) is 11.3 Å². The smallest absolute Gasteiger partial charge is 0.222 e. The SMILES string of the molecule is CC(C)n1ncc(Br)c1C(=O)c1ccc(Br)s1. The predicted octanol–water partition coefficient (Wildman–Crippen LogP) is 4.28. The van der Waals surface area contributed by atoms with E-state index >= 15 is 0 Å². The van der Waals surface area contributed by atoms with E-state index in [0.29, 0.717) is 10.6 Å². The van der Waals surface area contributed by atoms with E-state index in [1.807, 2.05) is 26.0 Å². The van der Waals surface area contributed by atoms with Gasteiger partial charge in [0, 0.05) is 6.04 Å². The van der Waals surface area contributed by atoms with Crippen LogP contribution in [0.1, 0.15) is 35.3 Å². The fourth-order valence-corrected chi connectivity index (χ4v) is 3.28. The molecule has 90 valence electrons. The van der Waals surface area contributed by atoms with Gasteiger partial charge < -0.3 is 0 Å². The van der Waals surface area contributed by atoms with Gasteiger partial charge in [0.25, 0.3) is 0 Å². The molecule has 0 aromatic carbocycles. The Morgan fingerprint density at radius 1 is 1.41 bits per heavy atom. The van der Waals surface area contributed by atoms with Crippen molar-refractivity contribution >= 4 is 49.0 Å². The second kappa shape index (κ2) is 5.04. The van der Waals surface area contributed by atoms with Crippen LogP contribution in [0.5, 0.6) is 0 Å². The number of carbonyl (C=O) groups is 1. The lowest BCUT2D eigenvalue weighted by atomic mass is 10.2. The van der Waals surface area contributed by atoms with E-state index in [-0.39, 0.29) is 11.8 Å².